The number of amides is 2. The van der Waals surface area contributed by atoms with Gasteiger partial charge < -0.3 is 9.84 Å². The van der Waals surface area contributed by atoms with Crippen molar-refractivity contribution in [2.24, 2.45) is 0 Å². The van der Waals surface area contributed by atoms with Crippen molar-refractivity contribution in [3.05, 3.63) is 59.4 Å². The fourth-order valence-corrected chi connectivity index (χ4v) is 3.75. The van der Waals surface area contributed by atoms with Crippen LogP contribution in [0.25, 0.3) is 0 Å². The van der Waals surface area contributed by atoms with E-state index >= 15 is 0 Å². The summed E-state index contributed by atoms with van der Waals surface area (Å²) in [5, 5.41) is 9.56. The molecule has 1 aliphatic heterocycles. The van der Waals surface area contributed by atoms with Crippen molar-refractivity contribution < 1.29 is 32.4 Å². The number of aryl methyl sites for hydroxylation is 1. The molecule has 2 heterocycles. The molecule has 0 radical (unpaired) electrons. The Balaban J connectivity index is 0.000000451. The highest BCUT2D eigenvalue weighted by Crippen LogP contribution is 2.23. The third-order valence-electron chi connectivity index (χ3n) is 4.38. The van der Waals surface area contributed by atoms with E-state index in [0.717, 1.165) is 41.6 Å². The minimum Gasteiger partial charge on any atom is -0.493 e. The number of imide groups is 1. The number of nitrogens with one attached hydrogen (secondary N) is 1. The van der Waals surface area contributed by atoms with Crippen LogP contribution in [0.4, 0.5) is 4.79 Å². The zero-order valence-corrected chi connectivity index (χ0v) is 19.2. The fourth-order valence-electron chi connectivity index (χ4n) is 2.66. The second kappa shape index (κ2) is 12.5. The number of aliphatic hydroxyl groups is 1. The number of nitrogens with zero attached hydrogens (tertiary/aromatic N) is 1. The van der Waals surface area contributed by atoms with E-state index in [1.165, 1.54) is 5.56 Å². The van der Waals surface area contributed by atoms with Gasteiger partial charge in [-0.1, -0.05) is 36.9 Å². The molecule has 0 bridgehead atoms. The number of benzene rings is 1. The largest absolute Gasteiger partial charge is 0.493 e. The quantitative estimate of drug-likeness (QED) is 0.457. The Labute approximate surface area is 191 Å². The lowest BCUT2D eigenvalue weighted by atomic mass is 10.1. The Hall–Kier alpha value is -2.47. The average Bonchev–Trinajstić information content (AvgIpc) is 3.06. The van der Waals surface area contributed by atoms with Crippen molar-refractivity contribution in [2.45, 2.75) is 31.4 Å². The third-order valence-corrected chi connectivity index (χ3v) is 6.06. The van der Waals surface area contributed by atoms with Crippen LogP contribution < -0.4 is 10.1 Å². The number of thioether (sulfide) groups is 1. The molecule has 32 heavy (non-hydrogen) atoms. The van der Waals surface area contributed by atoms with Crippen LogP contribution in [0.15, 0.2) is 42.6 Å². The summed E-state index contributed by atoms with van der Waals surface area (Å²) in [6.45, 7) is 2.14. The third kappa shape index (κ3) is 9.35. The van der Waals surface area contributed by atoms with E-state index in [-0.39, 0.29) is 16.4 Å². The number of carbonyl (C=O) groups excluding carboxylic acids is 2. The molecule has 174 valence electrons. The number of aromatic nitrogens is 1. The van der Waals surface area contributed by atoms with Gasteiger partial charge in [0.25, 0.3) is 15.4 Å². The molecule has 1 saturated heterocycles. The number of hydrogen-bond donors (Lipinski definition) is 3. The molecular formula is C21H26N2O7S2. The second-order valence-electron chi connectivity index (χ2n) is 6.85. The first-order valence-corrected chi connectivity index (χ1v) is 12.4. The summed E-state index contributed by atoms with van der Waals surface area (Å²) in [6, 6.07) is 11.8. The lowest BCUT2D eigenvalue weighted by Crippen LogP contribution is -2.25. The monoisotopic (exact) mass is 482 g/mol. The topological polar surface area (TPSA) is 143 Å². The SMILES string of the molecule is CCc1ccc(CCOc2ccc(C[C@H]3SC(=O)NC3=O)cc2)nc1.O=S(=O)(O)CCO. The molecule has 0 saturated carbocycles. The van der Waals surface area contributed by atoms with Crippen LogP contribution in [0.1, 0.15) is 23.7 Å². The normalized spacial score (nSPS) is 15.7. The van der Waals surface area contributed by atoms with Gasteiger partial charge in [-0.2, -0.15) is 8.42 Å². The predicted molar refractivity (Wildman–Crippen MR) is 121 cm³/mol. The van der Waals surface area contributed by atoms with E-state index in [4.69, 9.17) is 14.4 Å². The van der Waals surface area contributed by atoms with Crippen molar-refractivity contribution in [3.8, 4) is 5.75 Å². The Kier molecular flexibility index (Phi) is 10.1. The summed E-state index contributed by atoms with van der Waals surface area (Å²) in [4.78, 5) is 27.2. The number of hydrogen-bond acceptors (Lipinski definition) is 8. The number of ether oxygens (including phenoxy) is 1. The van der Waals surface area contributed by atoms with Gasteiger partial charge in [0, 0.05) is 18.3 Å². The van der Waals surface area contributed by atoms with Gasteiger partial charge in [0.05, 0.1) is 24.2 Å². The van der Waals surface area contributed by atoms with Gasteiger partial charge in [0.1, 0.15) is 5.75 Å². The molecule has 0 unspecified atom stereocenters. The minimum atomic E-state index is -3.92. The summed E-state index contributed by atoms with van der Waals surface area (Å²) in [6.07, 6.45) is 4.19. The molecule has 2 amide bonds. The molecule has 1 aromatic heterocycles. The van der Waals surface area contributed by atoms with Crippen LogP contribution in [0, 0.1) is 0 Å². The fraction of sp³-hybridized carbons (Fsp3) is 0.381. The molecule has 3 N–H and O–H groups in total. The number of pyridine rings is 1. The van der Waals surface area contributed by atoms with Gasteiger partial charge >= 0.3 is 0 Å². The summed E-state index contributed by atoms with van der Waals surface area (Å²) >= 11 is 1.05. The van der Waals surface area contributed by atoms with Gasteiger partial charge in [-0.15, -0.1) is 0 Å². The van der Waals surface area contributed by atoms with Crippen molar-refractivity contribution in [3.63, 3.8) is 0 Å². The van der Waals surface area contributed by atoms with Crippen molar-refractivity contribution in [1.82, 2.24) is 10.3 Å². The van der Waals surface area contributed by atoms with Gasteiger partial charge in [0.2, 0.25) is 5.91 Å². The smallest absolute Gasteiger partial charge is 0.286 e. The maximum atomic E-state index is 11.6. The Morgan fingerprint density at radius 3 is 2.28 bits per heavy atom. The molecular weight excluding hydrogens is 456 g/mol. The van der Waals surface area contributed by atoms with Gasteiger partial charge in [0.15, 0.2) is 0 Å². The van der Waals surface area contributed by atoms with Crippen LogP contribution in [0.2, 0.25) is 0 Å². The van der Waals surface area contributed by atoms with Gasteiger partial charge in [-0.05, 0) is 42.2 Å². The molecule has 0 spiro atoms. The number of rotatable bonds is 9. The molecule has 1 aliphatic rings. The first-order chi connectivity index (χ1) is 15.2. The maximum absolute atomic E-state index is 11.6. The molecule has 3 rings (SSSR count). The van der Waals surface area contributed by atoms with Crippen molar-refractivity contribution >= 4 is 33.0 Å². The van der Waals surface area contributed by atoms with Gasteiger partial charge in [-0.3, -0.25) is 24.4 Å². The Morgan fingerprint density at radius 1 is 1.12 bits per heavy atom. The molecule has 11 heteroatoms. The first-order valence-electron chi connectivity index (χ1n) is 9.93. The minimum absolute atomic E-state index is 0.211. The van der Waals surface area contributed by atoms with E-state index in [1.54, 1.807) is 0 Å². The second-order valence-corrected chi connectivity index (χ2v) is 9.60. The summed E-state index contributed by atoms with van der Waals surface area (Å²) in [7, 11) is -3.92. The average molecular weight is 483 g/mol. The van der Waals surface area contributed by atoms with E-state index in [0.29, 0.717) is 13.0 Å². The van der Waals surface area contributed by atoms with E-state index in [9.17, 15) is 18.0 Å². The summed E-state index contributed by atoms with van der Waals surface area (Å²) in [5.74, 6) is -0.00190. The Bertz CT molecular complexity index is 994. The van der Waals surface area contributed by atoms with E-state index in [1.807, 2.05) is 36.5 Å². The molecule has 1 atom stereocenters. The molecule has 9 nitrogen and oxygen atoms in total. The molecule has 1 aromatic carbocycles. The van der Waals surface area contributed by atoms with Crippen LogP contribution in [-0.4, -0.2) is 58.4 Å². The summed E-state index contributed by atoms with van der Waals surface area (Å²) in [5.41, 5.74) is 3.25. The van der Waals surface area contributed by atoms with Crippen LogP contribution in [0.5, 0.6) is 5.75 Å². The standard InChI is InChI=1S/C19H20N2O3S.C2H6O4S/c1-2-13-3-6-15(20-12-13)9-10-24-16-7-4-14(5-8-16)11-17-18(22)21-19(23)25-17;3-1-2-7(4,5)6/h3-8,12,17H,2,9-11H2,1H3,(H,21,22,23);3H,1-2H2,(H,4,5,6)/t17-;/m1./s1. The zero-order chi connectivity index (χ0) is 23.6. The number of aliphatic hydroxyl groups excluding tert-OH is 1. The molecule has 1 fully saturated rings. The maximum Gasteiger partial charge on any atom is 0.286 e. The van der Waals surface area contributed by atoms with Crippen molar-refractivity contribution in [2.75, 3.05) is 19.0 Å². The zero-order valence-electron chi connectivity index (χ0n) is 17.6. The van der Waals surface area contributed by atoms with E-state index < -0.39 is 22.5 Å². The van der Waals surface area contributed by atoms with E-state index in [2.05, 4.69) is 23.3 Å². The highest BCUT2D eigenvalue weighted by atomic mass is 32.2. The molecule has 2 aromatic rings. The highest BCUT2D eigenvalue weighted by Gasteiger charge is 2.31. The van der Waals surface area contributed by atoms with Crippen LogP contribution >= 0.6 is 11.8 Å². The lowest BCUT2D eigenvalue weighted by molar-refractivity contribution is -0.118. The Morgan fingerprint density at radius 2 is 1.81 bits per heavy atom. The summed E-state index contributed by atoms with van der Waals surface area (Å²) < 4.78 is 32.8. The predicted octanol–water partition coefficient (Wildman–Crippen LogP) is 2.03. The highest BCUT2D eigenvalue weighted by molar-refractivity contribution is 8.15. The van der Waals surface area contributed by atoms with Crippen molar-refractivity contribution in [1.29, 1.82) is 0 Å². The molecule has 0 aliphatic carbocycles. The first kappa shape index (κ1) is 25.8. The lowest BCUT2D eigenvalue weighted by Gasteiger charge is -2.09. The van der Waals surface area contributed by atoms with Crippen LogP contribution in [0.3, 0.4) is 0 Å². The van der Waals surface area contributed by atoms with Crippen LogP contribution in [-0.2, 0) is 34.2 Å². The number of carbonyl (C=O) groups is 2. The van der Waals surface area contributed by atoms with Gasteiger partial charge in [-0.25, -0.2) is 0 Å².